The average molecular weight is 413 g/mol. The summed E-state index contributed by atoms with van der Waals surface area (Å²) >= 11 is 0. The van der Waals surface area contributed by atoms with Crippen molar-refractivity contribution in [1.29, 1.82) is 0 Å². The van der Waals surface area contributed by atoms with Gasteiger partial charge in [0, 0.05) is 18.3 Å². The number of imide groups is 1. The topological polar surface area (TPSA) is 111 Å². The maximum Gasteiger partial charge on any atom is 0.271 e. The van der Waals surface area contributed by atoms with E-state index in [1.807, 2.05) is 31.2 Å². The minimum atomic E-state index is -0.572. The maximum absolute atomic E-state index is 13.3. The van der Waals surface area contributed by atoms with Gasteiger partial charge in [-0.25, -0.2) is 14.6 Å². The molecule has 152 valence electrons. The molecule has 2 aromatic carbocycles. The Morgan fingerprint density at radius 3 is 2.45 bits per heavy atom. The lowest BCUT2D eigenvalue weighted by atomic mass is 10.1. The molecule has 1 aliphatic rings. The molecular weight excluding hydrogens is 398 g/mol. The number of carbonyl (C=O) groups is 2. The summed E-state index contributed by atoms with van der Waals surface area (Å²) in [6.45, 7) is 3.72. The molecular formula is C22H15N5O4. The van der Waals surface area contributed by atoms with Crippen LogP contribution in [0.1, 0.15) is 32.0 Å². The summed E-state index contributed by atoms with van der Waals surface area (Å²) in [6, 6.07) is 13.1. The lowest BCUT2D eigenvalue weighted by Gasteiger charge is -2.13. The highest BCUT2D eigenvalue weighted by atomic mass is 16.6. The highest BCUT2D eigenvalue weighted by molar-refractivity contribution is 6.37. The third-order valence-corrected chi connectivity index (χ3v) is 5.27. The minimum absolute atomic E-state index is 0.136. The Kier molecular flexibility index (Phi) is 3.94. The van der Waals surface area contributed by atoms with Gasteiger partial charge in [-0.2, -0.15) is 5.10 Å². The first-order valence-electron chi connectivity index (χ1n) is 9.45. The zero-order chi connectivity index (χ0) is 21.9. The molecule has 4 aromatic rings. The fourth-order valence-electron chi connectivity index (χ4n) is 3.88. The van der Waals surface area contributed by atoms with Crippen LogP contribution < -0.4 is 4.90 Å². The smallest absolute Gasteiger partial charge is 0.268 e. The zero-order valence-electron chi connectivity index (χ0n) is 16.6. The van der Waals surface area contributed by atoms with E-state index in [0.717, 1.165) is 16.2 Å². The summed E-state index contributed by atoms with van der Waals surface area (Å²) in [5.74, 6) is -1.13. The number of rotatable bonds is 3. The number of non-ortho nitro benzene ring substituents is 1. The molecule has 9 nitrogen and oxygen atoms in total. The highest BCUT2D eigenvalue weighted by Crippen LogP contribution is 2.35. The van der Waals surface area contributed by atoms with E-state index >= 15 is 0 Å². The molecule has 0 radical (unpaired) electrons. The van der Waals surface area contributed by atoms with E-state index in [1.54, 1.807) is 11.6 Å². The van der Waals surface area contributed by atoms with Gasteiger partial charge in [-0.1, -0.05) is 18.2 Å². The Bertz CT molecular complexity index is 1440. The number of benzene rings is 2. The summed E-state index contributed by atoms with van der Waals surface area (Å²) in [5.41, 5.74) is 3.14. The van der Waals surface area contributed by atoms with Crippen LogP contribution in [0, 0.1) is 24.0 Å². The Hall–Kier alpha value is -4.40. The predicted molar refractivity (Wildman–Crippen MR) is 113 cm³/mol. The molecule has 0 spiro atoms. The number of nitro groups is 1. The molecule has 2 aromatic heterocycles. The first-order valence-corrected chi connectivity index (χ1v) is 9.45. The maximum atomic E-state index is 13.3. The number of nitrogens with zero attached hydrogens (tertiary/aromatic N) is 5. The lowest BCUT2D eigenvalue weighted by Crippen LogP contribution is -2.29. The Morgan fingerprint density at radius 1 is 0.968 bits per heavy atom. The van der Waals surface area contributed by atoms with Gasteiger partial charge in [0.2, 0.25) is 0 Å². The van der Waals surface area contributed by atoms with Gasteiger partial charge in [0.25, 0.3) is 17.5 Å². The second-order valence-electron chi connectivity index (χ2n) is 7.30. The average Bonchev–Trinajstić information content (AvgIpc) is 3.22. The number of carbonyl (C=O) groups excluding carboxylic acids is 2. The van der Waals surface area contributed by atoms with Crippen molar-refractivity contribution < 1.29 is 14.5 Å². The van der Waals surface area contributed by atoms with Crippen molar-refractivity contribution in [2.75, 3.05) is 4.90 Å². The number of pyridine rings is 1. The number of fused-ring (bicyclic) bond motifs is 3. The first-order chi connectivity index (χ1) is 14.9. The van der Waals surface area contributed by atoms with Crippen LogP contribution in [0.15, 0.2) is 54.7 Å². The standard InChI is InChI=1S/C22H15N5O4/c1-12-5-3-7-15(9-12)26-20-18(13(2)24-26)19-17(11-23-20)21(28)25(22(19)29)14-6-4-8-16(10-14)27(30)31/h3-11H,1-2H3. The summed E-state index contributed by atoms with van der Waals surface area (Å²) < 4.78 is 1.64. The Morgan fingerprint density at radius 2 is 1.71 bits per heavy atom. The number of aromatic nitrogens is 3. The molecule has 0 saturated carbocycles. The van der Waals surface area contributed by atoms with E-state index in [9.17, 15) is 19.7 Å². The van der Waals surface area contributed by atoms with Crippen LogP contribution in [0.4, 0.5) is 11.4 Å². The lowest BCUT2D eigenvalue weighted by molar-refractivity contribution is -0.384. The van der Waals surface area contributed by atoms with Gasteiger partial charge < -0.3 is 0 Å². The molecule has 1 aliphatic heterocycles. The van der Waals surface area contributed by atoms with Crippen molar-refractivity contribution in [3.63, 3.8) is 0 Å². The largest absolute Gasteiger partial charge is 0.271 e. The van der Waals surface area contributed by atoms with E-state index in [0.29, 0.717) is 16.7 Å². The first kappa shape index (κ1) is 18.6. The quantitative estimate of drug-likeness (QED) is 0.287. The van der Waals surface area contributed by atoms with E-state index < -0.39 is 16.7 Å². The van der Waals surface area contributed by atoms with Gasteiger partial charge in [-0.05, 0) is 37.6 Å². The van der Waals surface area contributed by atoms with Crippen molar-refractivity contribution >= 4 is 34.2 Å². The van der Waals surface area contributed by atoms with Crippen molar-refractivity contribution in [2.24, 2.45) is 0 Å². The summed E-state index contributed by atoms with van der Waals surface area (Å²) in [4.78, 5) is 42.3. The van der Waals surface area contributed by atoms with Crippen LogP contribution in [0.25, 0.3) is 16.7 Å². The molecule has 5 rings (SSSR count). The van der Waals surface area contributed by atoms with E-state index in [1.165, 1.54) is 30.5 Å². The van der Waals surface area contributed by atoms with Crippen molar-refractivity contribution in [1.82, 2.24) is 14.8 Å². The summed E-state index contributed by atoms with van der Waals surface area (Å²) in [5, 5.41) is 16.2. The number of amides is 2. The fraction of sp³-hybridized carbons (Fsp3) is 0.0909. The minimum Gasteiger partial charge on any atom is -0.268 e. The second kappa shape index (κ2) is 6.56. The monoisotopic (exact) mass is 413 g/mol. The summed E-state index contributed by atoms with van der Waals surface area (Å²) in [6.07, 6.45) is 1.36. The van der Waals surface area contributed by atoms with Crippen LogP contribution in [0.2, 0.25) is 0 Å². The fourth-order valence-corrected chi connectivity index (χ4v) is 3.88. The molecule has 0 atom stereocenters. The number of hydrogen-bond acceptors (Lipinski definition) is 6. The predicted octanol–water partition coefficient (Wildman–Crippen LogP) is 3.75. The second-order valence-corrected chi connectivity index (χ2v) is 7.30. The van der Waals surface area contributed by atoms with Gasteiger partial charge in [0.15, 0.2) is 5.65 Å². The number of anilines is 1. The van der Waals surface area contributed by atoms with Crippen LogP contribution in [-0.2, 0) is 0 Å². The van der Waals surface area contributed by atoms with E-state index in [-0.39, 0.29) is 22.5 Å². The molecule has 3 heterocycles. The third-order valence-electron chi connectivity index (χ3n) is 5.27. The summed E-state index contributed by atoms with van der Waals surface area (Å²) in [7, 11) is 0. The molecule has 0 aliphatic carbocycles. The zero-order valence-corrected chi connectivity index (χ0v) is 16.6. The van der Waals surface area contributed by atoms with Gasteiger partial charge in [-0.3, -0.25) is 19.7 Å². The third kappa shape index (κ3) is 2.71. The number of aryl methyl sites for hydroxylation is 2. The number of hydrogen-bond donors (Lipinski definition) is 0. The van der Waals surface area contributed by atoms with Crippen molar-refractivity contribution in [3.05, 3.63) is 87.2 Å². The molecule has 31 heavy (non-hydrogen) atoms. The molecule has 2 amide bonds. The molecule has 0 bridgehead atoms. The highest BCUT2D eigenvalue weighted by Gasteiger charge is 2.40. The van der Waals surface area contributed by atoms with Crippen molar-refractivity contribution in [3.8, 4) is 5.69 Å². The molecule has 0 unspecified atom stereocenters. The van der Waals surface area contributed by atoms with Crippen molar-refractivity contribution in [2.45, 2.75) is 13.8 Å². The van der Waals surface area contributed by atoms with Crippen LogP contribution >= 0.6 is 0 Å². The molecule has 9 heteroatoms. The Balaban J connectivity index is 1.69. The van der Waals surface area contributed by atoms with Crippen LogP contribution in [0.3, 0.4) is 0 Å². The number of nitro benzene ring substituents is 1. The molecule has 0 saturated heterocycles. The molecule has 0 N–H and O–H groups in total. The normalized spacial score (nSPS) is 13.2. The van der Waals surface area contributed by atoms with Gasteiger partial charge in [0.05, 0.1) is 38.5 Å². The van der Waals surface area contributed by atoms with Crippen LogP contribution in [0.5, 0.6) is 0 Å². The van der Waals surface area contributed by atoms with Gasteiger partial charge in [0.1, 0.15) is 0 Å². The van der Waals surface area contributed by atoms with Gasteiger partial charge in [-0.15, -0.1) is 0 Å². The van der Waals surface area contributed by atoms with E-state index in [4.69, 9.17) is 0 Å². The molecule has 0 fully saturated rings. The van der Waals surface area contributed by atoms with Crippen LogP contribution in [-0.4, -0.2) is 31.5 Å². The SMILES string of the molecule is Cc1cccc(-n2nc(C)c3c4c(cnc32)C(=O)N(c2cccc([N+](=O)[O-])c2)C4=O)c1. The Labute approximate surface area is 175 Å². The van der Waals surface area contributed by atoms with Gasteiger partial charge >= 0.3 is 0 Å². The van der Waals surface area contributed by atoms with E-state index in [2.05, 4.69) is 10.1 Å².